The van der Waals surface area contributed by atoms with E-state index in [4.69, 9.17) is 10.5 Å². The topological polar surface area (TPSA) is 95.7 Å². The molecule has 0 spiro atoms. The number of hydrazone groups is 1. The molecule has 0 aliphatic carbocycles. The van der Waals surface area contributed by atoms with Crippen LogP contribution in [0.3, 0.4) is 0 Å². The van der Waals surface area contributed by atoms with E-state index in [0.29, 0.717) is 36.9 Å². The van der Waals surface area contributed by atoms with Crippen molar-refractivity contribution in [2.45, 2.75) is 6.92 Å². The van der Waals surface area contributed by atoms with Gasteiger partial charge in [-0.3, -0.25) is 14.2 Å². The van der Waals surface area contributed by atoms with Gasteiger partial charge in [-0.2, -0.15) is 5.10 Å². The Morgan fingerprint density at radius 2 is 2.04 bits per heavy atom. The summed E-state index contributed by atoms with van der Waals surface area (Å²) in [6.07, 6.45) is 0. The van der Waals surface area contributed by atoms with Crippen LogP contribution in [0.15, 0.2) is 34.2 Å². The maximum Gasteiger partial charge on any atom is 0.271 e. The number of anilines is 2. The highest BCUT2D eigenvalue weighted by molar-refractivity contribution is 7.10. The maximum absolute atomic E-state index is 12.1. The van der Waals surface area contributed by atoms with Crippen LogP contribution in [0.5, 0.6) is 0 Å². The van der Waals surface area contributed by atoms with Gasteiger partial charge in [-0.15, -0.1) is 0 Å². The van der Waals surface area contributed by atoms with Crippen molar-refractivity contribution in [3.05, 3.63) is 45.7 Å². The van der Waals surface area contributed by atoms with Crippen LogP contribution in [0.1, 0.15) is 11.1 Å². The van der Waals surface area contributed by atoms with Gasteiger partial charge in [0.05, 0.1) is 26.3 Å². The predicted octanol–water partition coefficient (Wildman–Crippen LogP) is 1.44. The Kier molecular flexibility index (Phi) is 4.63. The zero-order valence-corrected chi connectivity index (χ0v) is 13.7. The van der Waals surface area contributed by atoms with Crippen LogP contribution >= 0.6 is 11.5 Å². The molecule has 0 saturated carbocycles. The van der Waals surface area contributed by atoms with Gasteiger partial charge >= 0.3 is 0 Å². The molecular weight excluding hydrogens is 314 g/mol. The van der Waals surface area contributed by atoms with Crippen LogP contribution in [0.2, 0.25) is 0 Å². The summed E-state index contributed by atoms with van der Waals surface area (Å²) in [5.74, 6) is 0.212. The number of morpholine rings is 1. The molecule has 1 aromatic carbocycles. The smallest absolute Gasteiger partial charge is 0.271 e. The van der Waals surface area contributed by atoms with Crippen LogP contribution in [-0.4, -0.2) is 41.5 Å². The van der Waals surface area contributed by atoms with Crippen molar-refractivity contribution in [2.75, 3.05) is 31.6 Å². The molecule has 0 amide bonds. The van der Waals surface area contributed by atoms with E-state index in [1.807, 2.05) is 36.2 Å². The normalized spacial score (nSPS) is 15.7. The standard InChI is InChI=1S/C15H19N5O2S/c1-10-2-4-11(5-3-10)17-15-12(14(21)19-23-15)13(16)18-20-6-8-22-9-7-20/h2-5,17H,6-9H2,1H3,(H2,16,18)(H,19,21). The molecule has 0 unspecified atom stereocenters. The summed E-state index contributed by atoms with van der Waals surface area (Å²) in [5.41, 5.74) is 8.27. The van der Waals surface area contributed by atoms with Crippen molar-refractivity contribution in [1.29, 1.82) is 0 Å². The molecule has 0 radical (unpaired) electrons. The van der Waals surface area contributed by atoms with E-state index < -0.39 is 0 Å². The number of nitrogens with zero attached hydrogens (tertiary/aromatic N) is 2. The zero-order chi connectivity index (χ0) is 16.2. The first-order valence-corrected chi connectivity index (χ1v) is 8.17. The van der Waals surface area contributed by atoms with Gasteiger partial charge in [0.15, 0.2) is 5.84 Å². The van der Waals surface area contributed by atoms with Gasteiger partial charge < -0.3 is 15.8 Å². The van der Waals surface area contributed by atoms with Crippen LogP contribution < -0.4 is 16.6 Å². The van der Waals surface area contributed by atoms with E-state index in [-0.39, 0.29) is 11.4 Å². The lowest BCUT2D eigenvalue weighted by Crippen LogP contribution is -2.35. The summed E-state index contributed by atoms with van der Waals surface area (Å²) in [6.45, 7) is 4.60. The van der Waals surface area contributed by atoms with Crippen molar-refractivity contribution < 1.29 is 4.74 Å². The number of hydrogen-bond donors (Lipinski definition) is 3. The summed E-state index contributed by atoms with van der Waals surface area (Å²) in [5, 5.41) is 10.1. The fourth-order valence-corrected chi connectivity index (χ4v) is 3.01. The van der Waals surface area contributed by atoms with Crippen LogP contribution in [0, 0.1) is 6.92 Å². The number of aromatic amines is 1. The second kappa shape index (κ2) is 6.84. The third-order valence-corrected chi connectivity index (χ3v) is 4.30. The molecule has 1 aliphatic rings. The van der Waals surface area contributed by atoms with Gasteiger partial charge in [-0.25, -0.2) is 0 Å². The molecule has 2 aromatic rings. The van der Waals surface area contributed by atoms with Crippen molar-refractivity contribution in [1.82, 2.24) is 9.38 Å². The lowest BCUT2D eigenvalue weighted by molar-refractivity contribution is 0.0393. The second-order valence-electron chi connectivity index (χ2n) is 5.28. The average Bonchev–Trinajstić information content (AvgIpc) is 2.91. The zero-order valence-electron chi connectivity index (χ0n) is 12.8. The first-order chi connectivity index (χ1) is 11.1. The Labute approximate surface area is 137 Å². The third kappa shape index (κ3) is 3.72. The first-order valence-electron chi connectivity index (χ1n) is 7.36. The molecule has 122 valence electrons. The van der Waals surface area contributed by atoms with E-state index in [1.54, 1.807) is 0 Å². The molecule has 7 nitrogen and oxygen atoms in total. The maximum atomic E-state index is 12.1. The van der Waals surface area contributed by atoms with Crippen molar-refractivity contribution >= 4 is 28.1 Å². The predicted molar refractivity (Wildman–Crippen MR) is 92.5 cm³/mol. The van der Waals surface area contributed by atoms with E-state index in [1.165, 1.54) is 17.1 Å². The molecule has 1 aromatic heterocycles. The fourth-order valence-electron chi connectivity index (χ4n) is 2.25. The lowest BCUT2D eigenvalue weighted by Gasteiger charge is -2.24. The molecule has 1 fully saturated rings. The van der Waals surface area contributed by atoms with Gasteiger partial charge in [0.25, 0.3) is 5.56 Å². The molecular formula is C15H19N5O2S. The molecule has 2 heterocycles. The minimum atomic E-state index is -0.237. The molecule has 1 saturated heterocycles. The summed E-state index contributed by atoms with van der Waals surface area (Å²) in [6, 6.07) is 7.92. The summed E-state index contributed by atoms with van der Waals surface area (Å²) in [7, 11) is 0. The number of rotatable bonds is 4. The van der Waals surface area contributed by atoms with Crippen molar-refractivity contribution in [3.63, 3.8) is 0 Å². The minimum absolute atomic E-state index is 0.212. The Hall–Kier alpha value is -2.32. The van der Waals surface area contributed by atoms with E-state index in [9.17, 15) is 4.79 Å². The van der Waals surface area contributed by atoms with Gasteiger partial charge in [0.2, 0.25) is 0 Å². The molecule has 8 heteroatoms. The molecule has 0 bridgehead atoms. The number of aryl methyl sites for hydroxylation is 1. The quantitative estimate of drug-likeness (QED) is 0.581. The van der Waals surface area contributed by atoms with E-state index in [0.717, 1.165) is 5.69 Å². The second-order valence-corrected chi connectivity index (χ2v) is 6.10. The highest BCUT2D eigenvalue weighted by Crippen LogP contribution is 2.22. The number of amidine groups is 1. The van der Waals surface area contributed by atoms with Crippen molar-refractivity contribution in [3.8, 4) is 0 Å². The number of nitrogens with two attached hydrogens (primary N) is 1. The minimum Gasteiger partial charge on any atom is -0.382 e. The Balaban J connectivity index is 1.84. The Bertz CT molecular complexity index is 744. The molecule has 4 N–H and O–H groups in total. The monoisotopic (exact) mass is 333 g/mol. The number of aromatic nitrogens is 1. The number of hydrogen-bond acceptors (Lipinski definition) is 6. The average molecular weight is 333 g/mol. The van der Waals surface area contributed by atoms with E-state index in [2.05, 4.69) is 14.8 Å². The van der Waals surface area contributed by atoms with E-state index >= 15 is 0 Å². The van der Waals surface area contributed by atoms with Gasteiger partial charge in [0.1, 0.15) is 10.6 Å². The molecule has 1 aliphatic heterocycles. The fraction of sp³-hybridized carbons (Fsp3) is 0.333. The highest BCUT2D eigenvalue weighted by Gasteiger charge is 2.17. The van der Waals surface area contributed by atoms with Crippen molar-refractivity contribution in [2.24, 2.45) is 10.8 Å². The summed E-state index contributed by atoms with van der Waals surface area (Å²) >= 11 is 1.21. The number of benzene rings is 1. The SMILES string of the molecule is Cc1ccc(Nc2s[nH]c(=O)c2/C(N)=N/N2CCOCC2)cc1. The first kappa shape index (κ1) is 15.6. The van der Waals surface area contributed by atoms with Gasteiger partial charge in [-0.1, -0.05) is 17.7 Å². The molecule has 23 heavy (non-hydrogen) atoms. The van der Waals surface area contributed by atoms with Gasteiger partial charge in [0, 0.05) is 5.69 Å². The van der Waals surface area contributed by atoms with Crippen LogP contribution in [0.25, 0.3) is 0 Å². The van der Waals surface area contributed by atoms with Gasteiger partial charge in [-0.05, 0) is 30.6 Å². The number of nitrogens with one attached hydrogen (secondary N) is 2. The van der Waals surface area contributed by atoms with Crippen LogP contribution in [0.4, 0.5) is 10.7 Å². The van der Waals surface area contributed by atoms with Crippen LogP contribution in [-0.2, 0) is 4.74 Å². The molecule has 0 atom stereocenters. The number of ether oxygens (including phenoxy) is 1. The largest absolute Gasteiger partial charge is 0.382 e. The summed E-state index contributed by atoms with van der Waals surface area (Å²) in [4.78, 5) is 12.1. The Morgan fingerprint density at radius 3 is 2.74 bits per heavy atom. The lowest BCUT2D eigenvalue weighted by atomic mass is 10.2. The third-order valence-electron chi connectivity index (χ3n) is 3.50. The molecule has 3 rings (SSSR count). The summed E-state index contributed by atoms with van der Waals surface area (Å²) < 4.78 is 7.98. The number of H-pyrrole nitrogens is 1. The Morgan fingerprint density at radius 1 is 1.35 bits per heavy atom. The highest BCUT2D eigenvalue weighted by atomic mass is 32.1.